The van der Waals surface area contributed by atoms with Crippen molar-refractivity contribution >= 4 is 34.2 Å². The van der Waals surface area contributed by atoms with Crippen molar-refractivity contribution in [2.45, 2.75) is 64.9 Å². The summed E-state index contributed by atoms with van der Waals surface area (Å²) in [4.78, 5) is 38.6. The van der Waals surface area contributed by atoms with Crippen molar-refractivity contribution in [2.75, 3.05) is 18.5 Å². The van der Waals surface area contributed by atoms with E-state index in [0.717, 1.165) is 55.4 Å². The molecular formula is C25H29NO6S. The molecule has 7 nitrogen and oxygen atoms in total. The minimum atomic E-state index is -1.03. The van der Waals surface area contributed by atoms with Gasteiger partial charge in [-0.15, -0.1) is 11.3 Å². The van der Waals surface area contributed by atoms with E-state index in [1.54, 1.807) is 6.92 Å². The van der Waals surface area contributed by atoms with Gasteiger partial charge in [-0.25, -0.2) is 9.59 Å². The molecule has 2 aliphatic rings. The number of carbonyl (C=O) groups excluding carboxylic acids is 3. The molecule has 33 heavy (non-hydrogen) atoms. The summed E-state index contributed by atoms with van der Waals surface area (Å²) in [5.74, 6) is -0.938. The number of amides is 1. The SMILES string of the molecule is CCOC(=O)c1c(NC(=O)C(C)OC(=O)COc2ccc3c(c2)CCC3)sc2c1CCCC2. The van der Waals surface area contributed by atoms with Crippen LogP contribution < -0.4 is 10.1 Å². The van der Waals surface area contributed by atoms with E-state index in [1.807, 2.05) is 18.2 Å². The fourth-order valence-corrected chi connectivity index (χ4v) is 5.63. The Hall–Kier alpha value is -2.87. The number of carbonyl (C=O) groups is 3. The Morgan fingerprint density at radius 1 is 1.06 bits per heavy atom. The first kappa shape index (κ1) is 23.3. The fraction of sp³-hybridized carbons (Fsp3) is 0.480. The Balaban J connectivity index is 1.35. The summed E-state index contributed by atoms with van der Waals surface area (Å²) in [6.45, 7) is 3.23. The average Bonchev–Trinajstić information content (AvgIpc) is 3.41. The number of benzene rings is 1. The quantitative estimate of drug-likeness (QED) is 0.579. The number of thiophene rings is 1. The van der Waals surface area contributed by atoms with Crippen LogP contribution in [-0.4, -0.2) is 37.2 Å². The minimum absolute atomic E-state index is 0.259. The van der Waals surface area contributed by atoms with Crippen LogP contribution in [0.15, 0.2) is 18.2 Å². The van der Waals surface area contributed by atoms with Crippen LogP contribution >= 0.6 is 11.3 Å². The number of rotatable bonds is 8. The molecule has 1 unspecified atom stereocenters. The van der Waals surface area contributed by atoms with Crippen molar-refractivity contribution in [3.8, 4) is 5.75 Å². The van der Waals surface area contributed by atoms with Gasteiger partial charge in [0, 0.05) is 4.88 Å². The second kappa shape index (κ2) is 10.4. The normalized spacial score (nSPS) is 15.2. The summed E-state index contributed by atoms with van der Waals surface area (Å²) >= 11 is 1.40. The highest BCUT2D eigenvalue weighted by Gasteiger charge is 2.29. The molecule has 4 rings (SSSR count). The number of hydrogen-bond acceptors (Lipinski definition) is 7. The Labute approximate surface area is 197 Å². The van der Waals surface area contributed by atoms with E-state index < -0.39 is 23.9 Å². The summed E-state index contributed by atoms with van der Waals surface area (Å²) in [7, 11) is 0. The van der Waals surface area contributed by atoms with E-state index in [1.165, 1.54) is 29.4 Å². The first-order chi connectivity index (χ1) is 16.0. The molecule has 0 radical (unpaired) electrons. The molecule has 2 aliphatic carbocycles. The lowest BCUT2D eigenvalue weighted by Crippen LogP contribution is -2.32. The second-order valence-corrected chi connectivity index (χ2v) is 9.43. The van der Waals surface area contributed by atoms with Crippen LogP contribution in [0.3, 0.4) is 0 Å². The molecule has 0 spiro atoms. The molecule has 1 amide bonds. The van der Waals surface area contributed by atoms with Gasteiger partial charge in [-0.3, -0.25) is 4.79 Å². The molecular weight excluding hydrogens is 442 g/mol. The van der Waals surface area contributed by atoms with Gasteiger partial charge >= 0.3 is 11.9 Å². The van der Waals surface area contributed by atoms with Crippen molar-refractivity contribution in [1.29, 1.82) is 0 Å². The topological polar surface area (TPSA) is 90.9 Å². The van der Waals surface area contributed by atoms with Crippen LogP contribution in [0, 0.1) is 0 Å². The zero-order valence-corrected chi connectivity index (χ0v) is 19.8. The van der Waals surface area contributed by atoms with Gasteiger partial charge in [0.05, 0.1) is 12.2 Å². The number of fused-ring (bicyclic) bond motifs is 2. The molecule has 0 fully saturated rings. The Kier molecular flexibility index (Phi) is 7.33. The van der Waals surface area contributed by atoms with Crippen molar-refractivity contribution in [3.05, 3.63) is 45.3 Å². The lowest BCUT2D eigenvalue weighted by molar-refractivity contribution is -0.155. The van der Waals surface area contributed by atoms with E-state index in [-0.39, 0.29) is 13.2 Å². The van der Waals surface area contributed by atoms with E-state index in [2.05, 4.69) is 5.32 Å². The molecule has 1 N–H and O–H groups in total. The van der Waals surface area contributed by atoms with Crippen molar-refractivity contribution in [1.82, 2.24) is 0 Å². The van der Waals surface area contributed by atoms with Crippen molar-refractivity contribution in [3.63, 3.8) is 0 Å². The molecule has 1 aromatic carbocycles. The van der Waals surface area contributed by atoms with Crippen LogP contribution in [0.2, 0.25) is 0 Å². The zero-order chi connectivity index (χ0) is 23.4. The first-order valence-electron chi connectivity index (χ1n) is 11.5. The number of nitrogens with one attached hydrogen (secondary N) is 1. The highest BCUT2D eigenvalue weighted by atomic mass is 32.1. The molecule has 0 saturated carbocycles. The van der Waals surface area contributed by atoms with E-state index in [0.29, 0.717) is 16.3 Å². The number of esters is 2. The molecule has 1 aromatic heterocycles. The third-order valence-corrected chi connectivity index (χ3v) is 7.20. The largest absolute Gasteiger partial charge is 0.482 e. The number of hydrogen-bond donors (Lipinski definition) is 1. The minimum Gasteiger partial charge on any atom is -0.482 e. The summed E-state index contributed by atoms with van der Waals surface area (Å²) < 4.78 is 16.0. The molecule has 0 bridgehead atoms. The maximum absolute atomic E-state index is 12.7. The Bertz CT molecular complexity index is 1060. The molecule has 1 atom stereocenters. The van der Waals surface area contributed by atoms with Gasteiger partial charge in [0.2, 0.25) is 0 Å². The van der Waals surface area contributed by atoms with Gasteiger partial charge in [0.15, 0.2) is 12.7 Å². The van der Waals surface area contributed by atoms with E-state index >= 15 is 0 Å². The fourth-order valence-electron chi connectivity index (χ4n) is 4.35. The second-order valence-electron chi connectivity index (χ2n) is 8.33. The Morgan fingerprint density at radius 3 is 2.67 bits per heavy atom. The highest BCUT2D eigenvalue weighted by Crippen LogP contribution is 2.38. The standard InChI is InChI=1S/C25H29NO6S/c1-3-30-25(29)22-19-9-4-5-10-20(19)33-24(22)26-23(28)15(2)32-21(27)14-31-18-12-11-16-7-6-8-17(16)13-18/h11-13,15H,3-10,14H2,1-2H3,(H,26,28). The maximum atomic E-state index is 12.7. The lowest BCUT2D eigenvalue weighted by atomic mass is 9.95. The van der Waals surface area contributed by atoms with Crippen LogP contribution in [-0.2, 0) is 44.7 Å². The third kappa shape index (κ3) is 5.38. The maximum Gasteiger partial charge on any atom is 0.344 e. The molecule has 0 saturated heterocycles. The summed E-state index contributed by atoms with van der Waals surface area (Å²) in [5.41, 5.74) is 3.98. The summed E-state index contributed by atoms with van der Waals surface area (Å²) in [6.07, 6.45) is 5.94. The predicted octanol–water partition coefficient (Wildman–Crippen LogP) is 4.24. The van der Waals surface area contributed by atoms with Gasteiger partial charge in [-0.1, -0.05) is 6.07 Å². The average molecular weight is 472 g/mol. The summed E-state index contributed by atoms with van der Waals surface area (Å²) in [5, 5.41) is 3.24. The van der Waals surface area contributed by atoms with Crippen molar-refractivity contribution in [2.24, 2.45) is 0 Å². The highest BCUT2D eigenvalue weighted by molar-refractivity contribution is 7.17. The Morgan fingerprint density at radius 2 is 1.85 bits per heavy atom. The van der Waals surface area contributed by atoms with Gasteiger partial charge in [0.1, 0.15) is 10.8 Å². The lowest BCUT2D eigenvalue weighted by Gasteiger charge is -2.15. The molecule has 8 heteroatoms. The smallest absolute Gasteiger partial charge is 0.344 e. The summed E-state index contributed by atoms with van der Waals surface area (Å²) in [6, 6.07) is 5.84. The zero-order valence-electron chi connectivity index (χ0n) is 19.0. The van der Waals surface area contributed by atoms with Crippen LogP contribution in [0.1, 0.15) is 65.0 Å². The molecule has 2 aromatic rings. The first-order valence-corrected chi connectivity index (χ1v) is 12.3. The predicted molar refractivity (Wildman–Crippen MR) is 125 cm³/mol. The molecule has 176 valence electrons. The number of aryl methyl sites for hydroxylation is 3. The number of anilines is 1. The van der Waals surface area contributed by atoms with Crippen molar-refractivity contribution < 1.29 is 28.6 Å². The van der Waals surface area contributed by atoms with Gasteiger partial charge < -0.3 is 19.5 Å². The number of ether oxygens (including phenoxy) is 3. The molecule has 0 aliphatic heterocycles. The van der Waals surface area contributed by atoms with Crippen LogP contribution in [0.5, 0.6) is 5.75 Å². The molecule has 1 heterocycles. The van der Waals surface area contributed by atoms with Crippen LogP contribution in [0.4, 0.5) is 5.00 Å². The monoisotopic (exact) mass is 471 g/mol. The van der Waals surface area contributed by atoms with Crippen LogP contribution in [0.25, 0.3) is 0 Å². The van der Waals surface area contributed by atoms with E-state index in [9.17, 15) is 14.4 Å². The third-order valence-electron chi connectivity index (χ3n) is 5.99. The van der Waals surface area contributed by atoms with E-state index in [4.69, 9.17) is 14.2 Å². The van der Waals surface area contributed by atoms with Gasteiger partial charge in [-0.05, 0) is 87.6 Å². The van der Waals surface area contributed by atoms with Gasteiger partial charge in [-0.2, -0.15) is 0 Å². The van der Waals surface area contributed by atoms with Gasteiger partial charge in [0.25, 0.3) is 5.91 Å².